The maximum absolute atomic E-state index is 11.6. The van der Waals surface area contributed by atoms with Crippen molar-refractivity contribution < 1.29 is 8.42 Å². The second-order valence-corrected chi connectivity index (χ2v) is 6.71. The van der Waals surface area contributed by atoms with Gasteiger partial charge in [0, 0.05) is 6.04 Å². The van der Waals surface area contributed by atoms with Crippen LogP contribution in [-0.4, -0.2) is 32.5 Å². The van der Waals surface area contributed by atoms with Gasteiger partial charge in [0.1, 0.15) is 0 Å². The van der Waals surface area contributed by atoms with Gasteiger partial charge >= 0.3 is 0 Å². The van der Waals surface area contributed by atoms with Crippen LogP contribution in [0.25, 0.3) is 0 Å². The van der Waals surface area contributed by atoms with Gasteiger partial charge in [-0.2, -0.15) is 0 Å². The first-order valence-corrected chi connectivity index (χ1v) is 6.57. The Kier molecular flexibility index (Phi) is 3.35. The summed E-state index contributed by atoms with van der Waals surface area (Å²) in [5.41, 5.74) is 0. The zero-order chi connectivity index (χ0) is 10.1. The van der Waals surface area contributed by atoms with Gasteiger partial charge in [0.2, 0.25) is 0 Å². The number of sulfone groups is 1. The van der Waals surface area contributed by atoms with Crippen LogP contribution in [0.4, 0.5) is 0 Å². The fourth-order valence-electron chi connectivity index (χ4n) is 1.40. The summed E-state index contributed by atoms with van der Waals surface area (Å²) in [4.78, 5) is 0. The molecule has 0 spiro atoms. The van der Waals surface area contributed by atoms with Crippen LogP contribution in [0.2, 0.25) is 0 Å². The van der Waals surface area contributed by atoms with Crippen molar-refractivity contribution in [1.29, 1.82) is 0 Å². The van der Waals surface area contributed by atoms with Crippen LogP contribution in [0.3, 0.4) is 0 Å². The molecule has 0 aromatic carbocycles. The Morgan fingerprint density at radius 1 is 1.38 bits per heavy atom. The van der Waals surface area contributed by atoms with E-state index in [0.717, 1.165) is 0 Å². The first-order chi connectivity index (χ1) is 5.97. The van der Waals surface area contributed by atoms with E-state index in [1.165, 1.54) is 12.8 Å². The van der Waals surface area contributed by atoms with Crippen LogP contribution < -0.4 is 5.32 Å². The Labute approximate surface area is 80.8 Å². The Morgan fingerprint density at radius 2 is 1.92 bits per heavy atom. The Hall–Kier alpha value is -0.0900. The highest BCUT2D eigenvalue weighted by molar-refractivity contribution is 7.92. The fourth-order valence-corrected chi connectivity index (χ4v) is 2.72. The van der Waals surface area contributed by atoms with Gasteiger partial charge in [-0.3, -0.25) is 0 Å². The van der Waals surface area contributed by atoms with Crippen molar-refractivity contribution in [2.75, 3.05) is 12.8 Å². The molecule has 1 saturated carbocycles. The molecule has 0 aromatic heterocycles. The third-order valence-corrected chi connectivity index (χ3v) is 4.95. The predicted molar refractivity (Wildman–Crippen MR) is 54.5 cm³/mol. The van der Waals surface area contributed by atoms with Gasteiger partial charge in [0.15, 0.2) is 9.84 Å². The molecule has 1 aliphatic carbocycles. The molecule has 0 aromatic rings. The topological polar surface area (TPSA) is 46.2 Å². The molecule has 1 unspecified atom stereocenters. The molecule has 0 radical (unpaired) electrons. The van der Waals surface area contributed by atoms with Gasteiger partial charge in [-0.1, -0.05) is 0 Å². The van der Waals surface area contributed by atoms with Gasteiger partial charge in [-0.15, -0.1) is 0 Å². The lowest BCUT2D eigenvalue weighted by Crippen LogP contribution is -2.37. The average molecular weight is 205 g/mol. The van der Waals surface area contributed by atoms with Crippen LogP contribution in [-0.2, 0) is 9.84 Å². The predicted octanol–water partition coefficient (Wildman–Crippen LogP) is 0.808. The quantitative estimate of drug-likeness (QED) is 0.722. The van der Waals surface area contributed by atoms with Crippen molar-refractivity contribution in [3.05, 3.63) is 0 Å². The summed E-state index contributed by atoms with van der Waals surface area (Å²) < 4.78 is 23.2. The monoisotopic (exact) mass is 205 g/mol. The molecular formula is C9H19NO2S. The highest BCUT2D eigenvalue weighted by Gasteiger charge is 2.34. The van der Waals surface area contributed by atoms with Gasteiger partial charge in [0.25, 0.3) is 0 Å². The lowest BCUT2D eigenvalue weighted by Gasteiger charge is -2.16. The fraction of sp³-hybridized carbons (Fsp3) is 1.00. The first-order valence-electron chi connectivity index (χ1n) is 4.86. The van der Waals surface area contributed by atoms with Crippen molar-refractivity contribution in [2.24, 2.45) is 5.92 Å². The van der Waals surface area contributed by atoms with E-state index in [2.05, 4.69) is 5.32 Å². The molecule has 3 nitrogen and oxygen atoms in total. The van der Waals surface area contributed by atoms with Crippen molar-refractivity contribution in [1.82, 2.24) is 5.32 Å². The minimum atomic E-state index is -2.88. The highest BCUT2D eigenvalue weighted by Crippen LogP contribution is 2.33. The molecule has 0 heterocycles. The summed E-state index contributed by atoms with van der Waals surface area (Å²) in [5, 5.41) is 2.85. The molecule has 4 heteroatoms. The van der Waals surface area contributed by atoms with Crippen molar-refractivity contribution in [2.45, 2.75) is 38.0 Å². The molecule has 1 rings (SSSR count). The highest BCUT2D eigenvalue weighted by atomic mass is 32.2. The summed E-state index contributed by atoms with van der Waals surface area (Å²) in [7, 11) is -1.03. The molecule has 1 aliphatic rings. The first kappa shape index (κ1) is 11.0. The zero-order valence-corrected chi connectivity index (χ0v) is 9.39. The van der Waals surface area contributed by atoms with E-state index in [9.17, 15) is 8.42 Å². The molecule has 78 valence electrons. The van der Waals surface area contributed by atoms with Crippen LogP contribution in [0.15, 0.2) is 0 Å². The molecule has 0 saturated heterocycles. The third kappa shape index (κ3) is 2.95. The summed E-state index contributed by atoms with van der Waals surface area (Å²) in [6.07, 6.45) is 2.36. The minimum Gasteiger partial charge on any atom is -0.316 e. The Morgan fingerprint density at radius 3 is 2.23 bits per heavy atom. The summed E-state index contributed by atoms with van der Waals surface area (Å²) >= 11 is 0. The maximum Gasteiger partial charge on any atom is 0.154 e. The maximum atomic E-state index is 11.6. The molecule has 13 heavy (non-hydrogen) atoms. The van der Waals surface area contributed by atoms with Gasteiger partial charge in [-0.05, 0) is 39.7 Å². The molecule has 1 atom stereocenters. The number of rotatable bonds is 5. The lowest BCUT2D eigenvalue weighted by atomic mass is 10.2. The number of nitrogens with one attached hydrogen (secondary N) is 1. The van der Waals surface area contributed by atoms with E-state index in [4.69, 9.17) is 0 Å². The van der Waals surface area contributed by atoms with Crippen molar-refractivity contribution in [3.8, 4) is 0 Å². The average Bonchev–Trinajstić information content (AvgIpc) is 2.82. The van der Waals surface area contributed by atoms with Crippen LogP contribution in [0.5, 0.6) is 0 Å². The second-order valence-electron chi connectivity index (χ2n) is 4.11. The van der Waals surface area contributed by atoms with Crippen molar-refractivity contribution >= 4 is 9.84 Å². The largest absolute Gasteiger partial charge is 0.316 e. The molecule has 0 aliphatic heterocycles. The molecule has 1 fully saturated rings. The van der Waals surface area contributed by atoms with E-state index in [-0.39, 0.29) is 11.3 Å². The second kappa shape index (κ2) is 3.96. The summed E-state index contributed by atoms with van der Waals surface area (Å²) in [5.74, 6) is 0.893. The van der Waals surface area contributed by atoms with E-state index >= 15 is 0 Å². The Bertz CT molecular complexity index is 255. The lowest BCUT2D eigenvalue weighted by molar-refractivity contribution is 0.523. The summed E-state index contributed by atoms with van der Waals surface area (Å²) in [6, 6.07) is 0.174. The normalized spacial score (nSPS) is 20.6. The van der Waals surface area contributed by atoms with Crippen molar-refractivity contribution in [3.63, 3.8) is 0 Å². The van der Waals surface area contributed by atoms with E-state index in [1.807, 2.05) is 7.05 Å². The standard InChI is InChI=1S/C9H19NO2S/c1-7(2)13(11,12)6-9(10-3)8-4-5-8/h7-10H,4-6H2,1-3H3. The van der Waals surface area contributed by atoms with E-state index in [1.54, 1.807) is 13.8 Å². The third-order valence-electron chi connectivity index (χ3n) is 2.69. The SMILES string of the molecule is CNC(CS(=O)(=O)C(C)C)C1CC1. The zero-order valence-electron chi connectivity index (χ0n) is 8.58. The number of hydrogen-bond donors (Lipinski definition) is 1. The van der Waals surface area contributed by atoms with Gasteiger partial charge in [0.05, 0.1) is 11.0 Å². The molecule has 0 amide bonds. The molecule has 0 bridgehead atoms. The number of hydrogen-bond acceptors (Lipinski definition) is 3. The molecular weight excluding hydrogens is 186 g/mol. The van der Waals surface area contributed by atoms with Crippen LogP contribution in [0, 0.1) is 5.92 Å². The summed E-state index contributed by atoms with van der Waals surface area (Å²) in [6.45, 7) is 3.49. The minimum absolute atomic E-state index is 0.174. The van der Waals surface area contributed by atoms with Crippen LogP contribution in [0.1, 0.15) is 26.7 Å². The van der Waals surface area contributed by atoms with Gasteiger partial charge in [-0.25, -0.2) is 8.42 Å². The van der Waals surface area contributed by atoms with Crippen LogP contribution >= 0.6 is 0 Å². The smallest absolute Gasteiger partial charge is 0.154 e. The van der Waals surface area contributed by atoms with E-state index in [0.29, 0.717) is 11.7 Å². The Balaban J connectivity index is 2.54. The molecule has 1 N–H and O–H groups in total. The van der Waals surface area contributed by atoms with E-state index < -0.39 is 9.84 Å². The van der Waals surface area contributed by atoms with Gasteiger partial charge < -0.3 is 5.32 Å².